The van der Waals surface area contributed by atoms with Crippen molar-refractivity contribution in [3.63, 3.8) is 0 Å². The average molecular weight is 459 g/mol. The first-order valence-corrected chi connectivity index (χ1v) is 10.7. The SMILES string of the molecule is CNc1nc(Nc2ccc(-n3cnc(C)n3)c(OC)c2)nc2c1C(=O)C[C@H]2c1ccc(F)cc1. The molecule has 0 bridgehead atoms. The fraction of sp³-hybridized carbons (Fsp3) is 0.208. The number of aromatic nitrogens is 5. The van der Waals surface area contributed by atoms with E-state index in [4.69, 9.17) is 4.74 Å². The van der Waals surface area contributed by atoms with Gasteiger partial charge in [-0.1, -0.05) is 12.1 Å². The molecule has 0 spiro atoms. The van der Waals surface area contributed by atoms with Crippen LogP contribution < -0.4 is 15.4 Å². The Hall–Kier alpha value is -4.34. The number of carbonyl (C=O) groups is 1. The van der Waals surface area contributed by atoms with Gasteiger partial charge in [-0.3, -0.25) is 4.79 Å². The summed E-state index contributed by atoms with van der Waals surface area (Å²) in [6, 6.07) is 11.7. The highest BCUT2D eigenvalue weighted by Crippen LogP contribution is 2.40. The van der Waals surface area contributed by atoms with Gasteiger partial charge in [-0.2, -0.15) is 10.1 Å². The second-order valence-corrected chi connectivity index (χ2v) is 7.89. The zero-order chi connectivity index (χ0) is 23.8. The summed E-state index contributed by atoms with van der Waals surface area (Å²) in [7, 11) is 3.29. The number of carbonyl (C=O) groups excluding carboxylic acids is 1. The molecule has 0 aliphatic heterocycles. The molecule has 2 aromatic heterocycles. The van der Waals surface area contributed by atoms with Crippen molar-refractivity contribution in [1.82, 2.24) is 24.7 Å². The van der Waals surface area contributed by atoms with Crippen molar-refractivity contribution in [2.24, 2.45) is 0 Å². The Bertz CT molecular complexity index is 1380. The van der Waals surface area contributed by atoms with E-state index in [1.807, 2.05) is 25.1 Å². The number of hydrogen-bond donors (Lipinski definition) is 2. The number of aryl methyl sites for hydroxylation is 1. The Morgan fingerprint density at radius 3 is 2.62 bits per heavy atom. The van der Waals surface area contributed by atoms with Crippen molar-refractivity contribution in [2.45, 2.75) is 19.3 Å². The molecule has 4 aromatic rings. The van der Waals surface area contributed by atoms with Crippen LogP contribution in [-0.2, 0) is 0 Å². The molecule has 0 amide bonds. The number of halogens is 1. The zero-order valence-electron chi connectivity index (χ0n) is 18.8. The number of benzene rings is 2. The van der Waals surface area contributed by atoms with Crippen LogP contribution in [0.2, 0.25) is 0 Å². The summed E-state index contributed by atoms with van der Waals surface area (Å²) in [6.45, 7) is 1.81. The molecule has 0 saturated heterocycles. The maximum atomic E-state index is 13.4. The minimum Gasteiger partial charge on any atom is -0.494 e. The smallest absolute Gasteiger partial charge is 0.229 e. The number of Topliss-reactive ketones (excluding diaryl/α,β-unsaturated/α-hetero) is 1. The summed E-state index contributed by atoms with van der Waals surface area (Å²) in [5.74, 6) is 1.37. The first kappa shape index (κ1) is 21.5. The molecule has 1 aliphatic rings. The molecule has 5 rings (SSSR count). The minimum absolute atomic E-state index is 0.0469. The van der Waals surface area contributed by atoms with Crippen molar-refractivity contribution < 1.29 is 13.9 Å². The molecule has 0 saturated carbocycles. The number of fused-ring (bicyclic) bond motifs is 1. The lowest BCUT2D eigenvalue weighted by atomic mass is 9.96. The molecular weight excluding hydrogens is 437 g/mol. The molecule has 34 heavy (non-hydrogen) atoms. The Morgan fingerprint density at radius 2 is 1.94 bits per heavy atom. The average Bonchev–Trinajstić information content (AvgIpc) is 3.42. The number of methoxy groups -OCH3 is 1. The molecule has 1 atom stereocenters. The first-order valence-electron chi connectivity index (χ1n) is 10.7. The monoisotopic (exact) mass is 459 g/mol. The molecule has 10 heteroatoms. The number of ether oxygens (including phenoxy) is 1. The van der Waals surface area contributed by atoms with Gasteiger partial charge in [-0.05, 0) is 36.8 Å². The summed E-state index contributed by atoms with van der Waals surface area (Å²) in [5.41, 5.74) is 3.34. The van der Waals surface area contributed by atoms with Gasteiger partial charge in [0.15, 0.2) is 5.78 Å². The van der Waals surface area contributed by atoms with Crippen LogP contribution in [0.25, 0.3) is 5.69 Å². The molecule has 0 fully saturated rings. The van der Waals surface area contributed by atoms with E-state index in [2.05, 4.69) is 30.7 Å². The summed E-state index contributed by atoms with van der Waals surface area (Å²) >= 11 is 0. The van der Waals surface area contributed by atoms with E-state index in [9.17, 15) is 9.18 Å². The maximum absolute atomic E-state index is 13.4. The van der Waals surface area contributed by atoms with Gasteiger partial charge >= 0.3 is 0 Å². The number of hydrogen-bond acceptors (Lipinski definition) is 8. The number of nitrogens with zero attached hydrogens (tertiary/aromatic N) is 5. The Balaban J connectivity index is 1.51. The quantitative estimate of drug-likeness (QED) is 0.445. The van der Waals surface area contributed by atoms with Crippen LogP contribution >= 0.6 is 0 Å². The van der Waals surface area contributed by atoms with Gasteiger partial charge in [0.1, 0.15) is 35.2 Å². The van der Waals surface area contributed by atoms with E-state index < -0.39 is 0 Å². The molecular formula is C24H22FN7O2. The van der Waals surface area contributed by atoms with Gasteiger partial charge in [0.05, 0.1) is 18.4 Å². The summed E-state index contributed by atoms with van der Waals surface area (Å²) in [5, 5.41) is 10.5. The Labute approximate surface area is 195 Å². The minimum atomic E-state index is -0.326. The third-order valence-corrected chi connectivity index (χ3v) is 5.73. The van der Waals surface area contributed by atoms with Crippen LogP contribution in [0, 0.1) is 12.7 Å². The number of rotatable bonds is 6. The zero-order valence-corrected chi connectivity index (χ0v) is 18.8. The van der Waals surface area contributed by atoms with Crippen LogP contribution in [-0.4, -0.2) is 44.7 Å². The standard InChI is InChI=1S/C24H22FN7O2/c1-13-27-12-32(31-13)18-9-8-16(10-20(18)34-3)28-24-29-22-17(14-4-6-15(25)7-5-14)11-19(33)21(22)23(26-2)30-24/h4-10,12,17H,11H2,1-3H3,(H2,26,28,29,30)/t17-/m0/s1. The summed E-state index contributed by atoms with van der Waals surface area (Å²) in [6.07, 6.45) is 1.88. The van der Waals surface area contributed by atoms with Gasteiger partial charge in [0, 0.05) is 31.1 Å². The fourth-order valence-corrected chi connectivity index (χ4v) is 4.13. The van der Waals surface area contributed by atoms with E-state index in [1.165, 1.54) is 12.1 Å². The van der Waals surface area contributed by atoms with Crippen LogP contribution in [0.3, 0.4) is 0 Å². The van der Waals surface area contributed by atoms with E-state index in [0.717, 1.165) is 11.3 Å². The molecule has 0 radical (unpaired) electrons. The third-order valence-electron chi connectivity index (χ3n) is 5.73. The van der Waals surface area contributed by atoms with Crippen molar-refractivity contribution in [2.75, 3.05) is 24.8 Å². The lowest BCUT2D eigenvalue weighted by Crippen LogP contribution is -2.09. The van der Waals surface area contributed by atoms with E-state index in [0.29, 0.717) is 40.3 Å². The molecule has 9 nitrogen and oxygen atoms in total. The third kappa shape index (κ3) is 3.83. The van der Waals surface area contributed by atoms with Gasteiger partial charge in [0.2, 0.25) is 5.95 Å². The second-order valence-electron chi connectivity index (χ2n) is 7.89. The van der Waals surface area contributed by atoms with Crippen molar-refractivity contribution in [3.8, 4) is 11.4 Å². The molecule has 172 valence electrons. The molecule has 2 aromatic carbocycles. The van der Waals surface area contributed by atoms with E-state index in [1.54, 1.807) is 37.3 Å². The van der Waals surface area contributed by atoms with Crippen LogP contribution in [0.5, 0.6) is 5.75 Å². The Kier molecular flexibility index (Phi) is 5.40. The van der Waals surface area contributed by atoms with Crippen LogP contribution in [0.1, 0.15) is 39.8 Å². The summed E-state index contributed by atoms with van der Waals surface area (Å²) < 4.78 is 20.6. The largest absolute Gasteiger partial charge is 0.494 e. The van der Waals surface area contributed by atoms with Crippen molar-refractivity contribution >= 4 is 23.2 Å². The molecule has 2 heterocycles. The fourth-order valence-electron chi connectivity index (χ4n) is 4.13. The highest BCUT2D eigenvalue weighted by atomic mass is 19.1. The predicted octanol–water partition coefficient (Wildman–Crippen LogP) is 4.02. The molecule has 0 unspecified atom stereocenters. The predicted molar refractivity (Wildman–Crippen MR) is 125 cm³/mol. The Morgan fingerprint density at radius 1 is 1.15 bits per heavy atom. The van der Waals surface area contributed by atoms with Gasteiger partial charge in [0.25, 0.3) is 0 Å². The summed E-state index contributed by atoms with van der Waals surface area (Å²) in [4.78, 5) is 26.1. The van der Waals surface area contributed by atoms with Gasteiger partial charge < -0.3 is 15.4 Å². The van der Waals surface area contributed by atoms with Gasteiger partial charge in [-0.25, -0.2) is 19.0 Å². The lowest BCUT2D eigenvalue weighted by molar-refractivity contribution is 0.0992. The topological polar surface area (TPSA) is 107 Å². The maximum Gasteiger partial charge on any atom is 0.229 e. The van der Waals surface area contributed by atoms with Gasteiger partial charge in [-0.15, -0.1) is 0 Å². The van der Waals surface area contributed by atoms with Crippen LogP contribution in [0.4, 0.5) is 21.8 Å². The number of ketones is 1. The van der Waals surface area contributed by atoms with Crippen LogP contribution in [0.15, 0.2) is 48.8 Å². The number of anilines is 3. The normalized spacial score (nSPS) is 14.7. The van der Waals surface area contributed by atoms with Crippen molar-refractivity contribution in [3.05, 3.63) is 77.3 Å². The van der Waals surface area contributed by atoms with Crippen molar-refractivity contribution in [1.29, 1.82) is 0 Å². The molecule has 2 N–H and O–H groups in total. The highest BCUT2D eigenvalue weighted by Gasteiger charge is 2.35. The van der Waals surface area contributed by atoms with E-state index >= 15 is 0 Å². The highest BCUT2D eigenvalue weighted by molar-refractivity contribution is 6.05. The number of nitrogens with one attached hydrogen (secondary N) is 2. The molecule has 1 aliphatic carbocycles. The first-order chi connectivity index (χ1) is 16.5. The lowest BCUT2D eigenvalue weighted by Gasteiger charge is -2.15. The van der Waals surface area contributed by atoms with E-state index in [-0.39, 0.29) is 23.9 Å². The second kappa shape index (κ2) is 8.54.